The van der Waals surface area contributed by atoms with Crippen LogP contribution >= 0.6 is 0 Å². The number of piperidine rings is 1. The van der Waals surface area contributed by atoms with Gasteiger partial charge in [0, 0.05) is 31.7 Å². The molecule has 0 radical (unpaired) electrons. The summed E-state index contributed by atoms with van der Waals surface area (Å²) < 4.78 is 0. The Labute approximate surface area is 129 Å². The Bertz CT molecular complexity index is 391. The van der Waals surface area contributed by atoms with Gasteiger partial charge in [-0.15, -0.1) is 0 Å². The van der Waals surface area contributed by atoms with Crippen LogP contribution in [0.4, 0.5) is 0 Å². The number of hydrogen-bond acceptors (Lipinski definition) is 3. The third kappa shape index (κ3) is 5.10. The second kappa shape index (κ2) is 8.52. The number of β-amino-alcohol motifs (C(OH)–C–C–N with tert-alkyl or cyclic N) is 1. The molecule has 2 rings (SSSR count). The SMILES string of the molecule is CC(C)N(Cc1ccccc1)CC1CCCCN1CCO. The van der Waals surface area contributed by atoms with Crippen LogP contribution in [0, 0.1) is 0 Å². The van der Waals surface area contributed by atoms with Crippen molar-refractivity contribution in [3.05, 3.63) is 35.9 Å². The van der Waals surface area contributed by atoms with Gasteiger partial charge < -0.3 is 5.11 Å². The largest absolute Gasteiger partial charge is 0.395 e. The van der Waals surface area contributed by atoms with Crippen molar-refractivity contribution in [1.29, 1.82) is 0 Å². The number of nitrogens with zero attached hydrogens (tertiary/aromatic N) is 2. The minimum atomic E-state index is 0.275. The van der Waals surface area contributed by atoms with E-state index < -0.39 is 0 Å². The highest BCUT2D eigenvalue weighted by Crippen LogP contribution is 2.19. The summed E-state index contributed by atoms with van der Waals surface area (Å²) in [4.78, 5) is 5.04. The summed E-state index contributed by atoms with van der Waals surface area (Å²) in [6.45, 7) is 8.92. The number of aliphatic hydroxyl groups excluding tert-OH is 1. The highest BCUT2D eigenvalue weighted by Gasteiger charge is 2.25. The van der Waals surface area contributed by atoms with E-state index in [1.54, 1.807) is 0 Å². The summed E-state index contributed by atoms with van der Waals surface area (Å²) in [6, 6.07) is 11.9. The summed E-state index contributed by atoms with van der Waals surface area (Å²) in [6.07, 6.45) is 3.86. The fourth-order valence-corrected chi connectivity index (χ4v) is 3.24. The van der Waals surface area contributed by atoms with Gasteiger partial charge in [0.1, 0.15) is 0 Å². The predicted molar refractivity (Wildman–Crippen MR) is 88.3 cm³/mol. The molecule has 1 saturated heterocycles. The first-order valence-corrected chi connectivity index (χ1v) is 8.33. The lowest BCUT2D eigenvalue weighted by molar-refractivity contribution is 0.0725. The highest BCUT2D eigenvalue weighted by molar-refractivity contribution is 5.14. The van der Waals surface area contributed by atoms with Gasteiger partial charge in [-0.05, 0) is 38.8 Å². The molecule has 3 heteroatoms. The molecule has 1 N–H and O–H groups in total. The van der Waals surface area contributed by atoms with Crippen LogP contribution in [-0.4, -0.2) is 53.2 Å². The Kier molecular flexibility index (Phi) is 6.68. The van der Waals surface area contributed by atoms with Crippen molar-refractivity contribution in [2.45, 2.75) is 51.7 Å². The molecule has 1 unspecified atom stereocenters. The molecular weight excluding hydrogens is 260 g/mol. The molecule has 1 heterocycles. The third-order valence-corrected chi connectivity index (χ3v) is 4.54. The maximum atomic E-state index is 9.26. The first kappa shape index (κ1) is 16.5. The minimum Gasteiger partial charge on any atom is -0.395 e. The van der Waals surface area contributed by atoms with Gasteiger partial charge in [0.2, 0.25) is 0 Å². The van der Waals surface area contributed by atoms with Crippen molar-refractivity contribution in [2.24, 2.45) is 0 Å². The van der Waals surface area contributed by atoms with Crippen LogP contribution in [0.5, 0.6) is 0 Å². The number of rotatable bonds is 7. The molecular formula is C18H30N2O. The molecule has 1 aliphatic rings. The van der Waals surface area contributed by atoms with Crippen LogP contribution in [0.3, 0.4) is 0 Å². The average molecular weight is 290 g/mol. The average Bonchev–Trinajstić information content (AvgIpc) is 2.49. The van der Waals surface area contributed by atoms with E-state index in [2.05, 4.69) is 54.0 Å². The Morgan fingerprint density at radius 2 is 2.00 bits per heavy atom. The van der Waals surface area contributed by atoms with E-state index >= 15 is 0 Å². The number of likely N-dealkylation sites (tertiary alicyclic amines) is 1. The third-order valence-electron chi connectivity index (χ3n) is 4.54. The highest BCUT2D eigenvalue weighted by atomic mass is 16.3. The molecule has 1 aromatic carbocycles. The molecule has 0 amide bonds. The molecule has 3 nitrogen and oxygen atoms in total. The lowest BCUT2D eigenvalue weighted by Crippen LogP contribution is -2.49. The van der Waals surface area contributed by atoms with Crippen LogP contribution in [-0.2, 0) is 6.54 Å². The zero-order chi connectivity index (χ0) is 15.1. The first-order chi connectivity index (χ1) is 10.2. The molecule has 118 valence electrons. The van der Waals surface area contributed by atoms with Crippen LogP contribution in [0.1, 0.15) is 38.7 Å². The smallest absolute Gasteiger partial charge is 0.0558 e. The molecule has 0 saturated carbocycles. The van der Waals surface area contributed by atoms with Gasteiger partial charge in [0.05, 0.1) is 6.61 Å². The Balaban J connectivity index is 1.97. The van der Waals surface area contributed by atoms with Crippen LogP contribution in [0.2, 0.25) is 0 Å². The molecule has 0 bridgehead atoms. The molecule has 1 aliphatic heterocycles. The van der Waals surface area contributed by atoms with Crippen LogP contribution in [0.15, 0.2) is 30.3 Å². The van der Waals surface area contributed by atoms with Gasteiger partial charge in [-0.1, -0.05) is 36.8 Å². The van der Waals surface area contributed by atoms with Crippen molar-refractivity contribution in [1.82, 2.24) is 9.80 Å². The lowest BCUT2D eigenvalue weighted by Gasteiger charge is -2.39. The van der Waals surface area contributed by atoms with Gasteiger partial charge in [-0.25, -0.2) is 0 Å². The summed E-state index contributed by atoms with van der Waals surface area (Å²) in [5.41, 5.74) is 1.38. The van der Waals surface area contributed by atoms with E-state index in [0.717, 1.165) is 26.2 Å². The molecule has 0 aliphatic carbocycles. The zero-order valence-electron chi connectivity index (χ0n) is 13.5. The standard InChI is InChI=1S/C18H30N2O/c1-16(2)20(14-17-8-4-3-5-9-17)15-18-10-6-7-11-19(18)12-13-21/h3-5,8-9,16,18,21H,6-7,10-15H2,1-2H3. The van der Waals surface area contributed by atoms with Gasteiger partial charge >= 0.3 is 0 Å². The second-order valence-electron chi connectivity index (χ2n) is 6.42. The second-order valence-corrected chi connectivity index (χ2v) is 6.42. The molecule has 0 spiro atoms. The summed E-state index contributed by atoms with van der Waals surface area (Å²) in [5, 5.41) is 9.26. The van der Waals surface area contributed by atoms with Gasteiger partial charge in [0.25, 0.3) is 0 Å². The van der Waals surface area contributed by atoms with Crippen LogP contribution < -0.4 is 0 Å². The van der Waals surface area contributed by atoms with E-state index in [4.69, 9.17) is 0 Å². The molecule has 1 atom stereocenters. The van der Waals surface area contributed by atoms with E-state index in [1.165, 1.54) is 24.8 Å². The van der Waals surface area contributed by atoms with Crippen molar-refractivity contribution in [3.8, 4) is 0 Å². The van der Waals surface area contributed by atoms with E-state index in [9.17, 15) is 5.11 Å². The van der Waals surface area contributed by atoms with Crippen molar-refractivity contribution in [2.75, 3.05) is 26.2 Å². The van der Waals surface area contributed by atoms with E-state index in [1.807, 2.05) is 0 Å². The summed E-state index contributed by atoms with van der Waals surface area (Å²) >= 11 is 0. The number of benzene rings is 1. The van der Waals surface area contributed by atoms with E-state index in [-0.39, 0.29) is 6.61 Å². The normalized spacial score (nSPS) is 20.3. The lowest BCUT2D eigenvalue weighted by atomic mass is 10.0. The van der Waals surface area contributed by atoms with Crippen molar-refractivity contribution < 1.29 is 5.11 Å². The monoisotopic (exact) mass is 290 g/mol. The molecule has 0 aromatic heterocycles. The topological polar surface area (TPSA) is 26.7 Å². The number of aliphatic hydroxyl groups is 1. The van der Waals surface area contributed by atoms with Gasteiger partial charge in [0.15, 0.2) is 0 Å². The zero-order valence-corrected chi connectivity index (χ0v) is 13.5. The summed E-state index contributed by atoms with van der Waals surface area (Å²) in [5.74, 6) is 0. The summed E-state index contributed by atoms with van der Waals surface area (Å²) in [7, 11) is 0. The first-order valence-electron chi connectivity index (χ1n) is 8.33. The fourth-order valence-electron chi connectivity index (χ4n) is 3.24. The van der Waals surface area contributed by atoms with Crippen molar-refractivity contribution >= 4 is 0 Å². The Morgan fingerprint density at radius 1 is 1.24 bits per heavy atom. The molecule has 1 aromatic rings. The predicted octanol–water partition coefficient (Wildman–Crippen LogP) is 2.74. The maximum Gasteiger partial charge on any atom is 0.0558 e. The van der Waals surface area contributed by atoms with Crippen LogP contribution in [0.25, 0.3) is 0 Å². The van der Waals surface area contributed by atoms with E-state index in [0.29, 0.717) is 12.1 Å². The van der Waals surface area contributed by atoms with Crippen molar-refractivity contribution in [3.63, 3.8) is 0 Å². The fraction of sp³-hybridized carbons (Fsp3) is 0.667. The molecule has 1 fully saturated rings. The minimum absolute atomic E-state index is 0.275. The maximum absolute atomic E-state index is 9.26. The molecule has 21 heavy (non-hydrogen) atoms. The number of hydrogen-bond donors (Lipinski definition) is 1. The quantitative estimate of drug-likeness (QED) is 0.836. The Hall–Kier alpha value is -0.900. The van der Waals surface area contributed by atoms with Gasteiger partial charge in [-0.2, -0.15) is 0 Å². The van der Waals surface area contributed by atoms with Gasteiger partial charge in [-0.3, -0.25) is 9.80 Å². The Morgan fingerprint density at radius 3 is 2.67 bits per heavy atom.